The van der Waals surface area contributed by atoms with Crippen molar-refractivity contribution < 1.29 is 9.90 Å². The topological polar surface area (TPSA) is 62.0 Å². The third-order valence-electron chi connectivity index (χ3n) is 3.97. The molecule has 0 aliphatic heterocycles. The fraction of sp³-hybridized carbons (Fsp3) is 0.900. The van der Waals surface area contributed by atoms with Crippen LogP contribution in [0.25, 0.3) is 0 Å². The summed E-state index contributed by atoms with van der Waals surface area (Å²) < 4.78 is 0. The van der Waals surface area contributed by atoms with Crippen molar-refractivity contribution in [2.45, 2.75) is 44.1 Å². The van der Waals surface area contributed by atoms with Crippen molar-refractivity contribution in [1.82, 2.24) is 0 Å². The van der Waals surface area contributed by atoms with E-state index < -0.39 is 11.4 Å². The molecule has 78 valence electrons. The number of nitrogens with zero attached hydrogens (tertiary/aromatic N) is 2. The van der Waals surface area contributed by atoms with E-state index in [1.165, 1.54) is 0 Å². The largest absolute Gasteiger partial charge is 0.481 e. The van der Waals surface area contributed by atoms with Crippen LogP contribution in [0.3, 0.4) is 0 Å². The maximum atomic E-state index is 11.1. The van der Waals surface area contributed by atoms with Crippen LogP contribution in [-0.4, -0.2) is 23.7 Å². The van der Waals surface area contributed by atoms with Crippen LogP contribution in [0.4, 0.5) is 0 Å². The molecule has 4 nitrogen and oxygen atoms in total. The van der Waals surface area contributed by atoms with Gasteiger partial charge in [-0.1, -0.05) is 0 Å². The third-order valence-corrected chi connectivity index (χ3v) is 3.97. The maximum Gasteiger partial charge on any atom is 0.309 e. The van der Waals surface area contributed by atoms with Crippen molar-refractivity contribution in [3.63, 3.8) is 0 Å². The quantitative estimate of drug-likeness (QED) is 0.688. The summed E-state index contributed by atoms with van der Waals surface area (Å²) in [5.41, 5.74) is -0.434. The Morgan fingerprint density at radius 2 is 1.64 bits per heavy atom. The van der Waals surface area contributed by atoms with E-state index in [0.29, 0.717) is 0 Å². The van der Waals surface area contributed by atoms with Gasteiger partial charge in [-0.2, -0.15) is 10.2 Å². The van der Waals surface area contributed by atoms with E-state index in [1.54, 1.807) is 7.05 Å². The SMILES string of the molecule is CN=NC12CCC(C(=O)O)(CC1)CC2. The molecule has 3 saturated carbocycles. The predicted molar refractivity (Wildman–Crippen MR) is 51.3 cm³/mol. The maximum absolute atomic E-state index is 11.1. The smallest absolute Gasteiger partial charge is 0.309 e. The Bertz CT molecular complexity index is 261. The predicted octanol–water partition coefficient (Wildman–Crippen LogP) is 2.25. The molecule has 1 N–H and O–H groups in total. The second-order valence-corrected chi connectivity index (χ2v) is 4.61. The Morgan fingerprint density at radius 1 is 1.14 bits per heavy atom. The van der Waals surface area contributed by atoms with Gasteiger partial charge in [0.25, 0.3) is 0 Å². The van der Waals surface area contributed by atoms with Crippen molar-refractivity contribution in [1.29, 1.82) is 0 Å². The molecule has 0 spiro atoms. The van der Waals surface area contributed by atoms with Crippen molar-refractivity contribution in [2.24, 2.45) is 15.6 Å². The summed E-state index contributed by atoms with van der Waals surface area (Å²) in [5, 5.41) is 17.3. The van der Waals surface area contributed by atoms with E-state index in [0.717, 1.165) is 38.5 Å². The number of fused-ring (bicyclic) bond motifs is 3. The number of carboxylic acid groups (broad SMARTS) is 1. The molecule has 2 bridgehead atoms. The zero-order valence-electron chi connectivity index (χ0n) is 8.49. The molecule has 0 aromatic heterocycles. The van der Waals surface area contributed by atoms with Crippen molar-refractivity contribution in [3.8, 4) is 0 Å². The van der Waals surface area contributed by atoms with Gasteiger partial charge in [-0.05, 0) is 38.5 Å². The highest BCUT2D eigenvalue weighted by molar-refractivity contribution is 5.75. The van der Waals surface area contributed by atoms with E-state index >= 15 is 0 Å². The summed E-state index contributed by atoms with van der Waals surface area (Å²) in [6.45, 7) is 0. The zero-order chi connectivity index (χ0) is 10.2. The fourth-order valence-corrected chi connectivity index (χ4v) is 2.85. The van der Waals surface area contributed by atoms with Gasteiger partial charge < -0.3 is 5.11 Å². The van der Waals surface area contributed by atoms with E-state index in [9.17, 15) is 9.90 Å². The Kier molecular flexibility index (Phi) is 2.09. The lowest BCUT2D eigenvalue weighted by molar-refractivity contribution is -0.156. The van der Waals surface area contributed by atoms with Crippen LogP contribution in [0.5, 0.6) is 0 Å². The zero-order valence-corrected chi connectivity index (χ0v) is 8.49. The van der Waals surface area contributed by atoms with Gasteiger partial charge in [0.1, 0.15) is 0 Å². The van der Waals surface area contributed by atoms with E-state index in [-0.39, 0.29) is 5.54 Å². The minimum absolute atomic E-state index is 0.00799. The fourth-order valence-electron chi connectivity index (χ4n) is 2.85. The first-order chi connectivity index (χ1) is 6.63. The van der Waals surface area contributed by atoms with Gasteiger partial charge in [-0.15, -0.1) is 0 Å². The molecule has 3 aliphatic carbocycles. The molecule has 0 aromatic carbocycles. The summed E-state index contributed by atoms with van der Waals surface area (Å²) in [6.07, 6.45) is 5.04. The van der Waals surface area contributed by atoms with Gasteiger partial charge in [-0.3, -0.25) is 4.79 Å². The monoisotopic (exact) mass is 196 g/mol. The highest BCUT2D eigenvalue weighted by atomic mass is 16.4. The van der Waals surface area contributed by atoms with E-state index in [4.69, 9.17) is 0 Å². The normalized spacial score (nSPS) is 41.8. The lowest BCUT2D eigenvalue weighted by Gasteiger charge is -2.48. The Balaban J connectivity index is 2.16. The molecule has 4 heteroatoms. The summed E-state index contributed by atoms with van der Waals surface area (Å²) in [5.74, 6) is -0.612. The average molecular weight is 196 g/mol. The number of azo groups is 1. The van der Waals surface area contributed by atoms with Crippen LogP contribution in [0.1, 0.15) is 38.5 Å². The third kappa shape index (κ3) is 1.24. The van der Waals surface area contributed by atoms with Gasteiger partial charge in [0.15, 0.2) is 0 Å². The first kappa shape index (κ1) is 9.62. The number of hydrogen-bond donors (Lipinski definition) is 1. The van der Waals surface area contributed by atoms with Gasteiger partial charge >= 0.3 is 5.97 Å². The Labute approximate surface area is 83.4 Å². The van der Waals surface area contributed by atoms with Gasteiger partial charge in [-0.25, -0.2) is 0 Å². The molecule has 3 rings (SSSR count). The lowest BCUT2D eigenvalue weighted by Crippen LogP contribution is -2.48. The van der Waals surface area contributed by atoms with Crippen molar-refractivity contribution in [2.75, 3.05) is 7.05 Å². The first-order valence-corrected chi connectivity index (χ1v) is 5.17. The molecular weight excluding hydrogens is 180 g/mol. The van der Waals surface area contributed by atoms with Crippen molar-refractivity contribution >= 4 is 5.97 Å². The molecule has 0 heterocycles. The second kappa shape index (κ2) is 3.04. The standard InChI is InChI=1S/C10H16N2O2/c1-11-12-10-5-2-9(3-6-10,4-7-10)8(13)14/h2-7H2,1H3,(H,13,14). The van der Waals surface area contributed by atoms with Crippen LogP contribution in [0, 0.1) is 5.41 Å². The summed E-state index contributed by atoms with van der Waals surface area (Å²) in [6, 6.07) is 0. The lowest BCUT2D eigenvalue weighted by atomic mass is 9.57. The van der Waals surface area contributed by atoms with Crippen molar-refractivity contribution in [3.05, 3.63) is 0 Å². The van der Waals surface area contributed by atoms with Gasteiger partial charge in [0.2, 0.25) is 0 Å². The number of aliphatic carboxylic acids is 1. The molecule has 0 unspecified atom stereocenters. The summed E-state index contributed by atoms with van der Waals surface area (Å²) in [4.78, 5) is 11.1. The summed E-state index contributed by atoms with van der Waals surface area (Å²) in [7, 11) is 1.70. The molecule has 3 aliphatic rings. The van der Waals surface area contributed by atoms with Crippen LogP contribution in [-0.2, 0) is 4.79 Å². The number of hydrogen-bond acceptors (Lipinski definition) is 3. The molecule has 0 saturated heterocycles. The second-order valence-electron chi connectivity index (χ2n) is 4.61. The molecule has 0 amide bonds. The minimum Gasteiger partial charge on any atom is -0.481 e. The highest BCUT2D eigenvalue weighted by Gasteiger charge is 2.52. The average Bonchev–Trinajstić information content (AvgIpc) is 2.20. The van der Waals surface area contributed by atoms with Crippen LogP contribution >= 0.6 is 0 Å². The van der Waals surface area contributed by atoms with Gasteiger partial charge in [0, 0.05) is 7.05 Å². The van der Waals surface area contributed by atoms with E-state index in [1.807, 2.05) is 0 Å². The van der Waals surface area contributed by atoms with Crippen LogP contribution < -0.4 is 0 Å². The molecule has 0 atom stereocenters. The van der Waals surface area contributed by atoms with E-state index in [2.05, 4.69) is 10.2 Å². The molecule has 0 aromatic rings. The molecular formula is C10H16N2O2. The molecule has 14 heavy (non-hydrogen) atoms. The van der Waals surface area contributed by atoms with Crippen LogP contribution in [0.2, 0.25) is 0 Å². The highest BCUT2D eigenvalue weighted by Crippen LogP contribution is 2.54. The Hall–Kier alpha value is -0.930. The first-order valence-electron chi connectivity index (χ1n) is 5.17. The molecule has 3 fully saturated rings. The minimum atomic E-state index is -0.612. The number of carboxylic acids is 1. The van der Waals surface area contributed by atoms with Crippen LogP contribution in [0.15, 0.2) is 10.2 Å². The Morgan fingerprint density at radius 3 is 2.00 bits per heavy atom. The number of carbonyl (C=O) groups is 1. The summed E-state index contributed by atoms with van der Waals surface area (Å²) >= 11 is 0. The molecule has 0 radical (unpaired) electrons. The number of rotatable bonds is 2. The van der Waals surface area contributed by atoms with Gasteiger partial charge in [0.05, 0.1) is 11.0 Å².